The molecule has 8 nitrogen and oxygen atoms in total. The van der Waals surface area contributed by atoms with Crippen molar-refractivity contribution in [2.45, 2.75) is 58.0 Å². The first-order chi connectivity index (χ1) is 16.7. The monoisotopic (exact) mass is 476 g/mol. The molecule has 0 radical (unpaired) electrons. The fraction of sp³-hybridized carbons (Fsp3) is 0.481. The molecule has 0 atom stereocenters. The lowest BCUT2D eigenvalue weighted by Crippen LogP contribution is -2.31. The Balaban J connectivity index is 1.46. The summed E-state index contributed by atoms with van der Waals surface area (Å²) in [6.07, 6.45) is 11.6. The third-order valence-corrected chi connectivity index (χ3v) is 6.66. The zero-order valence-corrected chi connectivity index (χ0v) is 21.4. The number of carbonyl (C=O) groups is 1. The smallest absolute Gasteiger partial charge is 0.273 e. The highest BCUT2D eigenvalue weighted by molar-refractivity contribution is 5.91. The summed E-state index contributed by atoms with van der Waals surface area (Å²) in [5, 5.41) is 7.86. The van der Waals surface area contributed by atoms with Crippen LogP contribution in [-0.2, 0) is 13.6 Å². The topological polar surface area (TPSA) is 85.1 Å². The Morgan fingerprint density at radius 2 is 1.86 bits per heavy atom. The first-order valence-corrected chi connectivity index (χ1v) is 12.4. The number of aryl methyl sites for hydroxylation is 1. The molecule has 1 N–H and O–H groups in total. The molecule has 1 fully saturated rings. The molecule has 0 spiro atoms. The minimum Gasteiger partial charge on any atom is -0.378 e. The first-order valence-electron chi connectivity index (χ1n) is 12.4. The van der Waals surface area contributed by atoms with Crippen LogP contribution in [0.1, 0.15) is 61.5 Å². The molecule has 1 saturated carbocycles. The van der Waals surface area contributed by atoms with Crippen molar-refractivity contribution in [1.82, 2.24) is 24.2 Å². The van der Waals surface area contributed by atoms with Crippen molar-refractivity contribution in [2.24, 2.45) is 13.0 Å². The van der Waals surface area contributed by atoms with Gasteiger partial charge in [0.15, 0.2) is 0 Å². The van der Waals surface area contributed by atoms with E-state index in [2.05, 4.69) is 29.2 Å². The molecule has 186 valence electrons. The summed E-state index contributed by atoms with van der Waals surface area (Å²) in [5.74, 6) is 0.706. The molecule has 8 heteroatoms. The fourth-order valence-corrected chi connectivity index (χ4v) is 4.79. The van der Waals surface area contributed by atoms with E-state index in [0.29, 0.717) is 29.8 Å². The molecule has 0 aliphatic heterocycles. The second kappa shape index (κ2) is 10.5. The van der Waals surface area contributed by atoms with Crippen LogP contribution in [0.3, 0.4) is 0 Å². The zero-order valence-electron chi connectivity index (χ0n) is 21.4. The third-order valence-electron chi connectivity index (χ3n) is 6.66. The Bertz CT molecular complexity index is 1220. The van der Waals surface area contributed by atoms with E-state index in [1.54, 1.807) is 18.8 Å². The van der Waals surface area contributed by atoms with Gasteiger partial charge in [0, 0.05) is 63.4 Å². The Labute approximate surface area is 207 Å². The number of pyridine rings is 2. The van der Waals surface area contributed by atoms with E-state index in [1.165, 1.54) is 10.5 Å². The highest BCUT2D eigenvalue weighted by Gasteiger charge is 2.24. The Hall–Kier alpha value is -3.42. The largest absolute Gasteiger partial charge is 0.378 e. The van der Waals surface area contributed by atoms with E-state index >= 15 is 0 Å². The molecule has 0 bridgehead atoms. The Morgan fingerprint density at radius 3 is 2.43 bits per heavy atom. The maximum Gasteiger partial charge on any atom is 0.273 e. The summed E-state index contributed by atoms with van der Waals surface area (Å²) in [7, 11) is 5.36. The van der Waals surface area contributed by atoms with Crippen molar-refractivity contribution in [3.8, 4) is 11.1 Å². The number of amides is 1. The molecule has 35 heavy (non-hydrogen) atoms. The standard InChI is InChI=1S/C27H36N6O2/c1-18(2)15-33-17-21(22-14-29-32(5)16-22)12-25(27(33)35)30-23-9-6-19(7-10-23)20-8-11-24(28-13-20)26(34)31(3)4/h8,11-14,16-19,23,30H,6-7,9-10,15H2,1-5H3. The normalized spacial score (nSPS) is 18.0. The van der Waals surface area contributed by atoms with Crippen LogP contribution in [0.25, 0.3) is 11.1 Å². The van der Waals surface area contributed by atoms with Gasteiger partial charge >= 0.3 is 0 Å². The van der Waals surface area contributed by atoms with Crippen molar-refractivity contribution < 1.29 is 4.79 Å². The predicted octanol–water partition coefficient (Wildman–Crippen LogP) is 4.14. The molecule has 1 aliphatic carbocycles. The lowest BCUT2D eigenvalue weighted by molar-refractivity contribution is 0.0822. The van der Waals surface area contributed by atoms with E-state index in [4.69, 9.17) is 0 Å². The second-order valence-corrected chi connectivity index (χ2v) is 10.3. The lowest BCUT2D eigenvalue weighted by Gasteiger charge is -2.30. The van der Waals surface area contributed by atoms with E-state index in [1.807, 2.05) is 54.6 Å². The van der Waals surface area contributed by atoms with Gasteiger partial charge < -0.3 is 14.8 Å². The lowest BCUT2D eigenvalue weighted by atomic mass is 9.82. The van der Waals surface area contributed by atoms with E-state index < -0.39 is 0 Å². The average Bonchev–Trinajstić information content (AvgIpc) is 3.27. The van der Waals surface area contributed by atoms with Crippen molar-refractivity contribution in [1.29, 1.82) is 0 Å². The summed E-state index contributed by atoms with van der Waals surface area (Å²) in [4.78, 5) is 31.3. The summed E-state index contributed by atoms with van der Waals surface area (Å²) in [6.45, 7) is 4.92. The number of aromatic nitrogens is 4. The molecular weight excluding hydrogens is 440 g/mol. The van der Waals surface area contributed by atoms with E-state index in [-0.39, 0.29) is 17.5 Å². The van der Waals surface area contributed by atoms with Crippen LogP contribution < -0.4 is 10.9 Å². The van der Waals surface area contributed by atoms with Crippen LogP contribution in [0.4, 0.5) is 5.69 Å². The van der Waals surface area contributed by atoms with Crippen molar-refractivity contribution in [3.63, 3.8) is 0 Å². The highest BCUT2D eigenvalue weighted by Crippen LogP contribution is 2.34. The van der Waals surface area contributed by atoms with Gasteiger partial charge in [-0.1, -0.05) is 19.9 Å². The van der Waals surface area contributed by atoms with Gasteiger partial charge in [0.1, 0.15) is 11.4 Å². The zero-order chi connectivity index (χ0) is 25.1. The number of carbonyl (C=O) groups excluding carboxylic acids is 1. The van der Waals surface area contributed by atoms with Crippen molar-refractivity contribution >= 4 is 11.6 Å². The number of nitrogens with one attached hydrogen (secondary N) is 1. The highest BCUT2D eigenvalue weighted by atomic mass is 16.2. The molecule has 4 rings (SSSR count). The second-order valence-electron chi connectivity index (χ2n) is 10.3. The van der Waals surface area contributed by atoms with Gasteiger partial charge in [-0.25, -0.2) is 0 Å². The Morgan fingerprint density at radius 1 is 1.11 bits per heavy atom. The van der Waals surface area contributed by atoms with Gasteiger partial charge in [-0.3, -0.25) is 19.3 Å². The molecule has 3 aromatic rings. The molecule has 1 aliphatic rings. The minimum atomic E-state index is -0.0823. The number of anilines is 1. The minimum absolute atomic E-state index is 0.0267. The number of hydrogen-bond acceptors (Lipinski definition) is 5. The molecule has 3 aromatic heterocycles. The molecular formula is C27H36N6O2. The molecule has 0 unspecified atom stereocenters. The van der Waals surface area contributed by atoms with Crippen molar-refractivity contribution in [3.05, 3.63) is 64.6 Å². The van der Waals surface area contributed by atoms with Gasteiger partial charge in [-0.05, 0) is 55.2 Å². The summed E-state index contributed by atoms with van der Waals surface area (Å²) >= 11 is 0. The Kier molecular flexibility index (Phi) is 7.38. The van der Waals surface area contributed by atoms with Crippen LogP contribution >= 0.6 is 0 Å². The summed E-state index contributed by atoms with van der Waals surface area (Å²) in [5.41, 5.74) is 4.33. The molecule has 0 aromatic carbocycles. The van der Waals surface area contributed by atoms with E-state index in [0.717, 1.165) is 36.8 Å². The van der Waals surface area contributed by atoms with Crippen molar-refractivity contribution in [2.75, 3.05) is 19.4 Å². The van der Waals surface area contributed by atoms with Crippen LogP contribution in [-0.4, -0.2) is 50.3 Å². The maximum absolute atomic E-state index is 13.2. The fourth-order valence-electron chi connectivity index (χ4n) is 4.79. The quantitative estimate of drug-likeness (QED) is 0.554. The summed E-state index contributed by atoms with van der Waals surface area (Å²) < 4.78 is 3.60. The van der Waals surface area contributed by atoms with Crippen LogP contribution in [0.15, 0.2) is 47.8 Å². The van der Waals surface area contributed by atoms with E-state index in [9.17, 15) is 9.59 Å². The number of nitrogens with zero attached hydrogens (tertiary/aromatic N) is 5. The first kappa shape index (κ1) is 24.7. The van der Waals surface area contributed by atoms with Gasteiger partial charge in [-0.2, -0.15) is 5.10 Å². The van der Waals surface area contributed by atoms with Crippen LogP contribution in [0, 0.1) is 5.92 Å². The molecule has 3 heterocycles. The van der Waals surface area contributed by atoms with Gasteiger partial charge in [0.25, 0.3) is 11.5 Å². The average molecular weight is 477 g/mol. The predicted molar refractivity (Wildman–Crippen MR) is 139 cm³/mol. The number of rotatable bonds is 7. The maximum atomic E-state index is 13.2. The third kappa shape index (κ3) is 5.81. The van der Waals surface area contributed by atoms with Gasteiger partial charge in [0.2, 0.25) is 0 Å². The number of hydrogen-bond donors (Lipinski definition) is 1. The van der Waals surface area contributed by atoms with Gasteiger partial charge in [-0.15, -0.1) is 0 Å². The van der Waals surface area contributed by atoms with Crippen LogP contribution in [0.2, 0.25) is 0 Å². The molecule has 1 amide bonds. The van der Waals surface area contributed by atoms with Gasteiger partial charge in [0.05, 0.1) is 6.20 Å². The SMILES string of the molecule is CC(C)Cn1cc(-c2cnn(C)c2)cc(NC2CCC(c3ccc(C(=O)N(C)C)nc3)CC2)c1=O. The van der Waals surface area contributed by atoms with Crippen LogP contribution in [0.5, 0.6) is 0 Å². The summed E-state index contributed by atoms with van der Waals surface area (Å²) in [6, 6.07) is 6.07. The molecule has 0 saturated heterocycles.